The number of thiocarbonyl (C=S) groups is 1. The Morgan fingerprint density at radius 2 is 1.57 bits per heavy atom. The molecule has 3 aromatic rings. The zero-order chi connectivity index (χ0) is 21.9. The molecule has 3 aromatic carbocycles. The molecule has 156 valence electrons. The summed E-state index contributed by atoms with van der Waals surface area (Å²) < 4.78 is 28.7. The Morgan fingerprint density at radius 1 is 0.900 bits per heavy atom. The molecule has 30 heavy (non-hydrogen) atoms. The van der Waals surface area contributed by atoms with Crippen LogP contribution in [0.4, 0.5) is 17.1 Å². The molecule has 0 atom stereocenters. The van der Waals surface area contributed by atoms with Crippen molar-refractivity contribution in [2.75, 3.05) is 15.4 Å². The van der Waals surface area contributed by atoms with Gasteiger partial charge in [-0.05, 0) is 92.1 Å². The second-order valence-corrected chi connectivity index (χ2v) is 9.43. The lowest BCUT2D eigenvalue weighted by Gasteiger charge is -2.17. The van der Waals surface area contributed by atoms with Crippen LogP contribution in [-0.2, 0) is 10.0 Å². The summed E-state index contributed by atoms with van der Waals surface area (Å²) in [7, 11) is -3.86. The minimum atomic E-state index is -3.86. The zero-order valence-electron chi connectivity index (χ0n) is 16.8. The van der Waals surface area contributed by atoms with Crippen LogP contribution in [0.2, 0.25) is 5.02 Å². The van der Waals surface area contributed by atoms with Crippen molar-refractivity contribution < 1.29 is 8.42 Å². The fourth-order valence-corrected chi connectivity index (χ4v) is 4.50. The van der Waals surface area contributed by atoms with Gasteiger partial charge in [-0.15, -0.1) is 0 Å². The average molecular weight is 460 g/mol. The second kappa shape index (κ2) is 9.04. The molecule has 8 heteroatoms. The highest BCUT2D eigenvalue weighted by Crippen LogP contribution is 2.26. The van der Waals surface area contributed by atoms with Crippen LogP contribution in [0, 0.1) is 20.8 Å². The quantitative estimate of drug-likeness (QED) is 0.416. The predicted octanol–water partition coefficient (Wildman–Crippen LogP) is 5.87. The van der Waals surface area contributed by atoms with Crippen LogP contribution in [-0.4, -0.2) is 13.5 Å². The summed E-state index contributed by atoms with van der Waals surface area (Å²) in [5.41, 5.74) is 4.68. The normalized spacial score (nSPS) is 11.1. The van der Waals surface area contributed by atoms with Gasteiger partial charge in [0.25, 0.3) is 10.0 Å². The largest absolute Gasteiger partial charge is 0.332 e. The van der Waals surface area contributed by atoms with Crippen LogP contribution in [0.25, 0.3) is 0 Å². The first kappa shape index (κ1) is 22.1. The number of benzene rings is 3. The minimum Gasteiger partial charge on any atom is -0.332 e. The van der Waals surface area contributed by atoms with Gasteiger partial charge in [0, 0.05) is 16.4 Å². The smallest absolute Gasteiger partial charge is 0.263 e. The third-order valence-electron chi connectivity index (χ3n) is 4.62. The Kier molecular flexibility index (Phi) is 6.65. The van der Waals surface area contributed by atoms with E-state index in [0.717, 1.165) is 22.4 Å². The molecule has 5 nitrogen and oxygen atoms in total. The lowest BCUT2D eigenvalue weighted by molar-refractivity contribution is 0.601. The van der Waals surface area contributed by atoms with Crippen molar-refractivity contribution in [2.45, 2.75) is 25.7 Å². The van der Waals surface area contributed by atoms with E-state index >= 15 is 0 Å². The van der Waals surface area contributed by atoms with Gasteiger partial charge in [-0.1, -0.05) is 29.8 Å². The number of hydrogen-bond donors (Lipinski definition) is 3. The van der Waals surface area contributed by atoms with Crippen molar-refractivity contribution in [1.29, 1.82) is 0 Å². The Bertz CT molecular complexity index is 1190. The van der Waals surface area contributed by atoms with Gasteiger partial charge < -0.3 is 10.6 Å². The van der Waals surface area contributed by atoms with E-state index in [1.165, 1.54) is 0 Å². The number of rotatable bonds is 5. The van der Waals surface area contributed by atoms with E-state index in [4.69, 9.17) is 23.8 Å². The summed E-state index contributed by atoms with van der Waals surface area (Å²) >= 11 is 11.3. The van der Waals surface area contributed by atoms with Crippen LogP contribution in [0.5, 0.6) is 0 Å². The van der Waals surface area contributed by atoms with Gasteiger partial charge in [0.2, 0.25) is 0 Å². The highest BCUT2D eigenvalue weighted by molar-refractivity contribution is 7.93. The van der Waals surface area contributed by atoms with Crippen molar-refractivity contribution in [3.8, 4) is 0 Å². The molecule has 0 heterocycles. The number of aryl methyl sites for hydroxylation is 2. The molecule has 0 aromatic heterocycles. The molecule has 0 spiro atoms. The molecule has 0 aliphatic rings. The molecule has 0 bridgehead atoms. The number of nitrogens with one attached hydrogen (secondary N) is 3. The molecule has 3 N–H and O–H groups in total. The Balaban J connectivity index is 1.86. The summed E-state index contributed by atoms with van der Waals surface area (Å²) in [6, 6.07) is 17.5. The van der Waals surface area contributed by atoms with Crippen LogP contribution < -0.4 is 15.4 Å². The summed E-state index contributed by atoms with van der Waals surface area (Å²) in [4.78, 5) is 0.0996. The van der Waals surface area contributed by atoms with Gasteiger partial charge in [-0.2, -0.15) is 0 Å². The molecule has 0 amide bonds. The SMILES string of the molecule is Cc1ccc(NC(=S)Nc2cccc(C)c2C)c(S(=O)(=O)Nc2ccc(Cl)cc2)c1. The van der Waals surface area contributed by atoms with Crippen molar-refractivity contribution in [2.24, 2.45) is 0 Å². The maximum atomic E-state index is 13.1. The summed E-state index contributed by atoms with van der Waals surface area (Å²) in [6.07, 6.45) is 0. The van der Waals surface area contributed by atoms with E-state index in [2.05, 4.69) is 15.4 Å². The van der Waals surface area contributed by atoms with E-state index in [9.17, 15) is 8.42 Å². The molecule has 0 aliphatic carbocycles. The highest BCUT2D eigenvalue weighted by atomic mass is 35.5. The average Bonchev–Trinajstić information content (AvgIpc) is 2.68. The maximum absolute atomic E-state index is 13.1. The maximum Gasteiger partial charge on any atom is 0.263 e. The van der Waals surface area contributed by atoms with Gasteiger partial charge >= 0.3 is 0 Å². The van der Waals surface area contributed by atoms with E-state index in [1.54, 1.807) is 36.4 Å². The summed E-state index contributed by atoms with van der Waals surface area (Å²) in [6.45, 7) is 5.85. The van der Waals surface area contributed by atoms with E-state index in [0.29, 0.717) is 21.5 Å². The second-order valence-electron chi connectivity index (χ2n) is 6.94. The number of sulfonamides is 1. The monoisotopic (exact) mass is 459 g/mol. The molecule has 0 radical (unpaired) electrons. The number of hydrogen-bond acceptors (Lipinski definition) is 3. The van der Waals surface area contributed by atoms with Crippen molar-refractivity contribution >= 4 is 56.0 Å². The Morgan fingerprint density at radius 3 is 2.27 bits per heavy atom. The molecule has 0 unspecified atom stereocenters. The van der Waals surface area contributed by atoms with Crippen LogP contribution in [0.1, 0.15) is 16.7 Å². The van der Waals surface area contributed by atoms with E-state index in [1.807, 2.05) is 45.0 Å². The first-order chi connectivity index (χ1) is 14.2. The third-order valence-corrected chi connectivity index (χ3v) is 6.50. The van der Waals surface area contributed by atoms with Crippen LogP contribution >= 0.6 is 23.8 Å². The first-order valence-electron chi connectivity index (χ1n) is 9.19. The lowest BCUT2D eigenvalue weighted by atomic mass is 10.1. The van der Waals surface area contributed by atoms with Gasteiger partial charge in [0.15, 0.2) is 5.11 Å². The third kappa shape index (κ3) is 5.30. The summed E-state index contributed by atoms with van der Waals surface area (Å²) in [5, 5.41) is 6.98. The topological polar surface area (TPSA) is 70.2 Å². The standard InChI is InChI=1S/C22H22ClN3O2S2/c1-14-7-12-20(25-22(29)24-19-6-4-5-15(2)16(19)3)21(13-14)30(27,28)26-18-10-8-17(23)9-11-18/h4-13,26H,1-3H3,(H2,24,25,29). The van der Waals surface area contributed by atoms with Gasteiger partial charge in [0.05, 0.1) is 5.69 Å². The Hall–Kier alpha value is -2.61. The molecule has 3 rings (SSSR count). The van der Waals surface area contributed by atoms with Gasteiger partial charge in [-0.25, -0.2) is 8.42 Å². The Labute approximate surface area is 187 Å². The molecule has 0 aliphatic heterocycles. The van der Waals surface area contributed by atoms with Crippen molar-refractivity contribution in [3.05, 3.63) is 82.4 Å². The molecule has 0 saturated heterocycles. The molecule has 0 saturated carbocycles. The number of anilines is 3. The highest BCUT2D eigenvalue weighted by Gasteiger charge is 2.20. The van der Waals surface area contributed by atoms with E-state index in [-0.39, 0.29) is 4.90 Å². The predicted molar refractivity (Wildman–Crippen MR) is 129 cm³/mol. The van der Waals surface area contributed by atoms with Crippen molar-refractivity contribution in [1.82, 2.24) is 0 Å². The van der Waals surface area contributed by atoms with Crippen LogP contribution in [0.3, 0.4) is 0 Å². The lowest BCUT2D eigenvalue weighted by Crippen LogP contribution is -2.22. The molecule has 0 fully saturated rings. The fourth-order valence-electron chi connectivity index (χ4n) is 2.85. The van der Waals surface area contributed by atoms with Crippen molar-refractivity contribution in [3.63, 3.8) is 0 Å². The fraction of sp³-hybridized carbons (Fsp3) is 0.136. The van der Waals surface area contributed by atoms with E-state index < -0.39 is 10.0 Å². The molecular formula is C22H22ClN3O2S2. The number of halogens is 1. The first-order valence-corrected chi connectivity index (χ1v) is 11.5. The van der Waals surface area contributed by atoms with Gasteiger partial charge in [-0.3, -0.25) is 4.72 Å². The zero-order valence-corrected chi connectivity index (χ0v) is 19.2. The minimum absolute atomic E-state index is 0.0996. The summed E-state index contributed by atoms with van der Waals surface area (Å²) in [5.74, 6) is 0. The molecular weight excluding hydrogens is 438 g/mol. The van der Waals surface area contributed by atoms with Gasteiger partial charge in [0.1, 0.15) is 4.90 Å². The van der Waals surface area contributed by atoms with Crippen LogP contribution in [0.15, 0.2) is 65.6 Å².